The average Bonchev–Trinajstić information content (AvgIpc) is 2.63. The number of para-hydroxylation sites is 1. The average molecular weight is 408 g/mol. The lowest BCUT2D eigenvalue weighted by atomic mass is 10.1. The van der Waals surface area contributed by atoms with E-state index in [4.69, 9.17) is 0 Å². The first-order chi connectivity index (χ1) is 13.1. The minimum atomic E-state index is -3.95. The number of halogens is 1. The lowest BCUT2D eigenvalue weighted by molar-refractivity contribution is -0.116. The first-order valence-corrected chi connectivity index (χ1v) is 10.1. The third kappa shape index (κ3) is 4.66. The molecule has 0 fully saturated rings. The first kappa shape index (κ1) is 21.4. The number of hydrogen-bond donors (Lipinski definition) is 1. The molecular formula is C19H21FN2O5S. The lowest BCUT2D eigenvalue weighted by Gasteiger charge is -2.28. The zero-order valence-electron chi connectivity index (χ0n) is 15.9. The number of carbonyl (C=O) groups excluding carboxylic acids is 2. The molecule has 2 rings (SSSR count). The van der Waals surface area contributed by atoms with Crippen LogP contribution in [-0.2, 0) is 19.6 Å². The Morgan fingerprint density at radius 1 is 1.18 bits per heavy atom. The summed E-state index contributed by atoms with van der Waals surface area (Å²) < 4.78 is 44.1. The zero-order chi connectivity index (χ0) is 21.1. The Balaban J connectivity index is 2.37. The Bertz CT molecular complexity index is 1010. The monoisotopic (exact) mass is 408 g/mol. The molecule has 0 aliphatic carbocycles. The number of nitrogens with zero attached hydrogens (tertiary/aromatic N) is 1. The smallest absolute Gasteiger partial charge is 0.337 e. The van der Waals surface area contributed by atoms with E-state index in [0.29, 0.717) is 11.3 Å². The second-order valence-electron chi connectivity index (χ2n) is 6.20. The van der Waals surface area contributed by atoms with Crippen molar-refractivity contribution in [3.63, 3.8) is 0 Å². The molecule has 0 heterocycles. The number of rotatable bonds is 6. The summed E-state index contributed by atoms with van der Waals surface area (Å²) in [7, 11) is -2.72. The van der Waals surface area contributed by atoms with Gasteiger partial charge in [-0.1, -0.05) is 18.2 Å². The van der Waals surface area contributed by atoms with Crippen LogP contribution >= 0.6 is 0 Å². The molecule has 9 heteroatoms. The maximum absolute atomic E-state index is 14.2. The van der Waals surface area contributed by atoms with E-state index in [1.807, 2.05) is 0 Å². The van der Waals surface area contributed by atoms with E-state index >= 15 is 0 Å². The molecule has 1 N–H and O–H groups in total. The van der Waals surface area contributed by atoms with Gasteiger partial charge in [-0.05, 0) is 43.7 Å². The van der Waals surface area contributed by atoms with Gasteiger partial charge in [0.15, 0.2) is 0 Å². The van der Waals surface area contributed by atoms with E-state index in [1.54, 1.807) is 19.1 Å². The molecule has 7 nitrogen and oxygen atoms in total. The van der Waals surface area contributed by atoms with Crippen molar-refractivity contribution in [3.8, 4) is 0 Å². The summed E-state index contributed by atoms with van der Waals surface area (Å²) in [6.07, 6.45) is 0.895. The molecule has 0 unspecified atom stereocenters. The largest absolute Gasteiger partial charge is 0.465 e. The summed E-state index contributed by atoms with van der Waals surface area (Å²) >= 11 is 0. The maximum Gasteiger partial charge on any atom is 0.337 e. The second-order valence-corrected chi connectivity index (χ2v) is 8.06. The number of hydrogen-bond acceptors (Lipinski definition) is 5. The van der Waals surface area contributed by atoms with Gasteiger partial charge in [0, 0.05) is 5.69 Å². The van der Waals surface area contributed by atoms with Gasteiger partial charge >= 0.3 is 5.97 Å². The fraction of sp³-hybridized carbons (Fsp3) is 0.263. The summed E-state index contributed by atoms with van der Waals surface area (Å²) in [5.41, 5.74) is 0.976. The van der Waals surface area contributed by atoms with E-state index in [2.05, 4.69) is 10.1 Å². The van der Waals surface area contributed by atoms with Crippen molar-refractivity contribution in [2.45, 2.75) is 19.9 Å². The molecule has 0 spiro atoms. The fourth-order valence-corrected chi connectivity index (χ4v) is 3.83. The van der Waals surface area contributed by atoms with Gasteiger partial charge in [0.1, 0.15) is 11.9 Å². The third-order valence-corrected chi connectivity index (χ3v) is 5.32. The van der Waals surface area contributed by atoms with Crippen molar-refractivity contribution in [3.05, 3.63) is 59.4 Å². The van der Waals surface area contributed by atoms with Crippen molar-refractivity contribution in [1.82, 2.24) is 0 Å². The van der Waals surface area contributed by atoms with Crippen LogP contribution in [0.1, 0.15) is 22.8 Å². The van der Waals surface area contributed by atoms with Crippen LogP contribution < -0.4 is 9.62 Å². The second kappa shape index (κ2) is 8.39. The van der Waals surface area contributed by atoms with Crippen LogP contribution in [0.2, 0.25) is 0 Å². The summed E-state index contributed by atoms with van der Waals surface area (Å²) in [5.74, 6) is -2.03. The molecule has 0 aliphatic heterocycles. The van der Waals surface area contributed by atoms with Crippen molar-refractivity contribution in [2.75, 3.05) is 23.0 Å². The summed E-state index contributed by atoms with van der Waals surface area (Å²) in [5, 5.41) is 2.60. The summed E-state index contributed by atoms with van der Waals surface area (Å²) in [4.78, 5) is 24.4. The summed E-state index contributed by atoms with van der Waals surface area (Å²) in [6.45, 7) is 3.06. The topological polar surface area (TPSA) is 92.8 Å². The Morgan fingerprint density at radius 2 is 1.82 bits per heavy atom. The highest BCUT2D eigenvalue weighted by Gasteiger charge is 2.31. The molecular weight excluding hydrogens is 387 g/mol. The maximum atomic E-state index is 14.2. The van der Waals surface area contributed by atoms with E-state index < -0.39 is 33.8 Å². The van der Waals surface area contributed by atoms with Crippen LogP contribution in [0.4, 0.5) is 15.8 Å². The molecule has 150 valence electrons. The molecule has 2 aromatic carbocycles. The number of nitrogens with one attached hydrogen (secondary N) is 1. The molecule has 1 amide bonds. The van der Waals surface area contributed by atoms with E-state index in [-0.39, 0.29) is 11.3 Å². The predicted octanol–water partition coefficient (Wildman–Crippen LogP) is 2.71. The Labute approximate surface area is 163 Å². The molecule has 0 bridgehead atoms. The first-order valence-electron chi connectivity index (χ1n) is 8.30. The Morgan fingerprint density at radius 3 is 2.39 bits per heavy atom. The van der Waals surface area contributed by atoms with Gasteiger partial charge in [-0.3, -0.25) is 9.10 Å². The quantitative estimate of drug-likeness (QED) is 0.742. The number of aryl methyl sites for hydroxylation is 1. The van der Waals surface area contributed by atoms with Crippen LogP contribution in [0.15, 0.2) is 42.5 Å². The number of amides is 1. The van der Waals surface area contributed by atoms with Gasteiger partial charge in [-0.25, -0.2) is 17.6 Å². The van der Waals surface area contributed by atoms with Gasteiger partial charge in [-0.2, -0.15) is 0 Å². The lowest BCUT2D eigenvalue weighted by Crippen LogP contribution is -2.45. The van der Waals surface area contributed by atoms with Crippen LogP contribution in [0, 0.1) is 12.7 Å². The number of methoxy groups -OCH3 is 1. The molecule has 0 aromatic heterocycles. The van der Waals surface area contributed by atoms with Crippen LogP contribution in [-0.4, -0.2) is 39.7 Å². The van der Waals surface area contributed by atoms with Crippen molar-refractivity contribution in [1.29, 1.82) is 0 Å². The van der Waals surface area contributed by atoms with Crippen molar-refractivity contribution < 1.29 is 27.1 Å². The highest BCUT2D eigenvalue weighted by molar-refractivity contribution is 7.92. The van der Waals surface area contributed by atoms with E-state index in [0.717, 1.165) is 16.6 Å². The summed E-state index contributed by atoms with van der Waals surface area (Å²) in [6, 6.07) is 8.65. The Kier molecular flexibility index (Phi) is 6.40. The number of esters is 1. The number of anilines is 2. The van der Waals surface area contributed by atoms with Crippen molar-refractivity contribution in [2.24, 2.45) is 0 Å². The highest BCUT2D eigenvalue weighted by Crippen LogP contribution is 2.25. The molecule has 0 radical (unpaired) electrons. The third-order valence-electron chi connectivity index (χ3n) is 4.09. The SMILES string of the molecule is COC(=O)c1ccc(C)c(NC(=O)[C@@H](C)N(c2ccccc2F)S(C)(=O)=O)c1. The van der Waals surface area contributed by atoms with Gasteiger partial charge in [-0.15, -0.1) is 0 Å². The van der Waals surface area contributed by atoms with Gasteiger partial charge in [0.25, 0.3) is 0 Å². The molecule has 0 saturated heterocycles. The minimum Gasteiger partial charge on any atom is -0.465 e. The highest BCUT2D eigenvalue weighted by atomic mass is 32.2. The number of sulfonamides is 1. The molecule has 28 heavy (non-hydrogen) atoms. The van der Waals surface area contributed by atoms with Crippen LogP contribution in [0.25, 0.3) is 0 Å². The normalized spacial score (nSPS) is 12.2. The zero-order valence-corrected chi connectivity index (χ0v) is 16.7. The van der Waals surface area contributed by atoms with E-state index in [9.17, 15) is 22.4 Å². The molecule has 1 atom stereocenters. The molecule has 0 saturated carbocycles. The number of ether oxygens (including phenoxy) is 1. The fourth-order valence-electron chi connectivity index (χ4n) is 2.65. The molecule has 0 aliphatic rings. The van der Waals surface area contributed by atoms with Gasteiger partial charge in [0.05, 0.1) is 24.6 Å². The Hall–Kier alpha value is -2.94. The van der Waals surface area contributed by atoms with Crippen molar-refractivity contribution >= 4 is 33.3 Å². The minimum absolute atomic E-state index is 0.227. The van der Waals surface area contributed by atoms with Crippen LogP contribution in [0.3, 0.4) is 0 Å². The van der Waals surface area contributed by atoms with Gasteiger partial charge in [0.2, 0.25) is 15.9 Å². The predicted molar refractivity (Wildman–Crippen MR) is 104 cm³/mol. The van der Waals surface area contributed by atoms with E-state index in [1.165, 1.54) is 38.3 Å². The molecule has 2 aromatic rings. The van der Waals surface area contributed by atoms with Crippen LogP contribution in [0.5, 0.6) is 0 Å². The standard InChI is InChI=1S/C19H21FN2O5S/c1-12-9-10-14(19(24)27-3)11-16(12)21-18(23)13(2)22(28(4,25)26)17-8-6-5-7-15(17)20/h5-11,13H,1-4H3,(H,21,23)/t13-/m1/s1. The number of benzene rings is 2. The number of carbonyl (C=O) groups is 2. The van der Waals surface area contributed by atoms with Gasteiger partial charge < -0.3 is 10.1 Å².